The van der Waals surface area contributed by atoms with Crippen LogP contribution in [0.2, 0.25) is 10.0 Å². The number of hydrogen-bond acceptors (Lipinski definition) is 7. The van der Waals surface area contributed by atoms with E-state index in [2.05, 4.69) is 36.8 Å². The Balaban J connectivity index is 1.19. The quantitative estimate of drug-likeness (QED) is 0.106. The summed E-state index contributed by atoms with van der Waals surface area (Å²) in [5.41, 5.74) is 7.35. The summed E-state index contributed by atoms with van der Waals surface area (Å²) in [6.45, 7) is 2.70. The van der Waals surface area contributed by atoms with Gasteiger partial charge in [-0.15, -0.1) is 11.3 Å². The van der Waals surface area contributed by atoms with E-state index in [4.69, 9.17) is 32.7 Å². The van der Waals surface area contributed by atoms with Crippen LogP contribution in [0.4, 0.5) is 10.8 Å². The maximum atomic E-state index is 12.7. The molecule has 0 radical (unpaired) electrons. The molecule has 1 aromatic heterocycles. The van der Waals surface area contributed by atoms with Gasteiger partial charge in [0.15, 0.2) is 16.6 Å². The standard InChI is InChI=1S/C32H25BrCl2N4O3S/c1-2-41-29-16-21(15-27(33)30(29)42-18-20-3-9-24(34)10-4-20)17-36-39-31(40)23-7-5-22(6-8-23)28-19-43-32(38-28)37-26-13-11-25(35)12-14-26/h3-17,19H,2,18H2,1H3,(H,37,38)(H,39,40)/b36-17-. The van der Waals surface area contributed by atoms with Gasteiger partial charge in [-0.2, -0.15) is 5.10 Å². The van der Waals surface area contributed by atoms with Crippen molar-refractivity contribution in [1.29, 1.82) is 0 Å². The van der Waals surface area contributed by atoms with E-state index in [1.54, 1.807) is 24.4 Å². The van der Waals surface area contributed by atoms with Crippen LogP contribution < -0.4 is 20.2 Å². The number of benzene rings is 4. The number of halogens is 3. The van der Waals surface area contributed by atoms with Crippen molar-refractivity contribution in [3.05, 3.63) is 122 Å². The van der Waals surface area contributed by atoms with Crippen molar-refractivity contribution in [1.82, 2.24) is 10.4 Å². The first-order valence-corrected chi connectivity index (χ1v) is 15.6. The summed E-state index contributed by atoms with van der Waals surface area (Å²) in [6.07, 6.45) is 1.55. The van der Waals surface area contributed by atoms with Gasteiger partial charge in [-0.05, 0) is 94.6 Å². The molecule has 43 heavy (non-hydrogen) atoms. The third-order valence-corrected chi connectivity index (χ3v) is 7.90. The molecule has 0 unspecified atom stereocenters. The first-order valence-electron chi connectivity index (χ1n) is 13.1. The molecule has 2 N–H and O–H groups in total. The zero-order chi connectivity index (χ0) is 30.2. The summed E-state index contributed by atoms with van der Waals surface area (Å²) in [4.78, 5) is 17.4. The van der Waals surface area contributed by atoms with Crippen LogP contribution in [0.1, 0.15) is 28.4 Å². The van der Waals surface area contributed by atoms with Crippen LogP contribution >= 0.6 is 50.5 Å². The van der Waals surface area contributed by atoms with E-state index < -0.39 is 0 Å². The molecule has 0 aliphatic heterocycles. The van der Waals surface area contributed by atoms with Crippen molar-refractivity contribution >= 4 is 73.4 Å². The van der Waals surface area contributed by atoms with Gasteiger partial charge in [-0.25, -0.2) is 10.4 Å². The molecule has 0 fully saturated rings. The van der Waals surface area contributed by atoms with Gasteiger partial charge in [-0.3, -0.25) is 4.79 Å². The van der Waals surface area contributed by atoms with Crippen molar-refractivity contribution in [3.63, 3.8) is 0 Å². The zero-order valence-corrected chi connectivity index (χ0v) is 26.7. The van der Waals surface area contributed by atoms with Crippen LogP contribution in [-0.4, -0.2) is 23.7 Å². The second-order valence-corrected chi connectivity index (χ2v) is 11.7. The number of thiazole rings is 1. The minimum atomic E-state index is -0.335. The lowest BCUT2D eigenvalue weighted by Gasteiger charge is -2.14. The maximum absolute atomic E-state index is 12.7. The first kappa shape index (κ1) is 30.6. The van der Waals surface area contributed by atoms with E-state index in [1.807, 2.05) is 79.0 Å². The number of nitrogens with zero attached hydrogens (tertiary/aromatic N) is 2. The molecule has 5 rings (SSSR count). The van der Waals surface area contributed by atoms with E-state index in [9.17, 15) is 4.79 Å². The van der Waals surface area contributed by atoms with Crippen LogP contribution in [0.25, 0.3) is 11.3 Å². The molecule has 0 saturated carbocycles. The average Bonchev–Trinajstić information content (AvgIpc) is 3.47. The molecule has 0 spiro atoms. The molecular weight excluding hydrogens is 671 g/mol. The number of nitrogens with one attached hydrogen (secondary N) is 2. The van der Waals surface area contributed by atoms with Gasteiger partial charge < -0.3 is 14.8 Å². The Kier molecular flexibility index (Phi) is 10.3. The summed E-state index contributed by atoms with van der Waals surface area (Å²) in [6, 6.07) is 25.7. The Bertz CT molecular complexity index is 1730. The number of carbonyl (C=O) groups is 1. The van der Waals surface area contributed by atoms with Crippen LogP contribution in [0.15, 0.2) is 99.9 Å². The molecule has 0 atom stereocenters. The topological polar surface area (TPSA) is 84.8 Å². The number of hydrogen-bond donors (Lipinski definition) is 2. The summed E-state index contributed by atoms with van der Waals surface area (Å²) in [5.74, 6) is 0.798. The first-order chi connectivity index (χ1) is 20.9. The third-order valence-electron chi connectivity index (χ3n) is 6.05. The Morgan fingerprint density at radius 3 is 2.37 bits per heavy atom. The fourth-order valence-electron chi connectivity index (χ4n) is 3.94. The number of amides is 1. The number of rotatable bonds is 11. The van der Waals surface area contributed by atoms with Crippen molar-refractivity contribution in [2.75, 3.05) is 11.9 Å². The van der Waals surface area contributed by atoms with Crippen molar-refractivity contribution in [3.8, 4) is 22.8 Å². The fraction of sp³-hybridized carbons (Fsp3) is 0.0938. The summed E-state index contributed by atoms with van der Waals surface area (Å²) in [5, 5.41) is 11.5. The Labute approximate surface area is 271 Å². The Morgan fingerprint density at radius 2 is 1.67 bits per heavy atom. The van der Waals surface area contributed by atoms with Crippen LogP contribution in [0.5, 0.6) is 11.5 Å². The van der Waals surface area contributed by atoms with Crippen molar-refractivity contribution in [2.45, 2.75) is 13.5 Å². The predicted octanol–water partition coefficient (Wildman–Crippen LogP) is 9.36. The maximum Gasteiger partial charge on any atom is 0.271 e. The highest BCUT2D eigenvalue weighted by atomic mass is 79.9. The molecule has 0 bridgehead atoms. The highest BCUT2D eigenvalue weighted by Crippen LogP contribution is 2.37. The third kappa shape index (κ3) is 8.36. The van der Waals surface area contributed by atoms with E-state index in [-0.39, 0.29) is 5.91 Å². The van der Waals surface area contributed by atoms with E-state index in [0.29, 0.717) is 44.8 Å². The van der Waals surface area contributed by atoms with Crippen LogP contribution in [0, 0.1) is 0 Å². The van der Waals surface area contributed by atoms with Gasteiger partial charge >= 0.3 is 0 Å². The second-order valence-electron chi connectivity index (χ2n) is 9.12. The molecule has 1 amide bonds. The normalized spacial score (nSPS) is 11.0. The van der Waals surface area contributed by atoms with Crippen LogP contribution in [-0.2, 0) is 6.61 Å². The summed E-state index contributed by atoms with van der Waals surface area (Å²) in [7, 11) is 0. The minimum absolute atomic E-state index is 0.335. The number of carbonyl (C=O) groups excluding carboxylic acids is 1. The van der Waals surface area contributed by atoms with E-state index in [0.717, 1.165) is 33.2 Å². The monoisotopic (exact) mass is 694 g/mol. The average molecular weight is 696 g/mol. The fourth-order valence-corrected chi connectivity index (χ4v) is 5.51. The molecule has 0 aliphatic carbocycles. The highest BCUT2D eigenvalue weighted by Gasteiger charge is 2.13. The second kappa shape index (κ2) is 14.5. The SMILES string of the molecule is CCOc1cc(/C=N\NC(=O)c2ccc(-c3csc(Nc4ccc(Cl)cc4)n3)cc2)cc(Br)c1OCc1ccc(Cl)cc1. The molecule has 0 aliphatic rings. The van der Waals surface area contributed by atoms with Gasteiger partial charge in [0.1, 0.15) is 6.61 Å². The lowest BCUT2D eigenvalue weighted by molar-refractivity contribution is 0.0955. The number of anilines is 2. The molecule has 0 saturated heterocycles. The smallest absolute Gasteiger partial charge is 0.271 e. The van der Waals surface area contributed by atoms with Crippen molar-refractivity contribution < 1.29 is 14.3 Å². The minimum Gasteiger partial charge on any atom is -0.490 e. The van der Waals surface area contributed by atoms with Gasteiger partial charge in [0, 0.05) is 32.2 Å². The molecule has 5 aromatic rings. The van der Waals surface area contributed by atoms with E-state index >= 15 is 0 Å². The predicted molar refractivity (Wildman–Crippen MR) is 178 cm³/mol. The largest absolute Gasteiger partial charge is 0.490 e. The van der Waals surface area contributed by atoms with Gasteiger partial charge in [0.25, 0.3) is 5.91 Å². The summed E-state index contributed by atoms with van der Waals surface area (Å²) < 4.78 is 12.5. The van der Waals surface area contributed by atoms with Gasteiger partial charge in [0.05, 0.1) is 23.0 Å². The molecular formula is C32H25BrCl2N4O3S. The van der Waals surface area contributed by atoms with Crippen LogP contribution in [0.3, 0.4) is 0 Å². The lowest BCUT2D eigenvalue weighted by Crippen LogP contribution is -2.17. The zero-order valence-electron chi connectivity index (χ0n) is 22.8. The molecule has 11 heteroatoms. The number of aromatic nitrogens is 1. The van der Waals surface area contributed by atoms with Gasteiger partial charge in [-0.1, -0.05) is 47.5 Å². The molecule has 218 valence electrons. The highest BCUT2D eigenvalue weighted by molar-refractivity contribution is 9.10. The summed E-state index contributed by atoms with van der Waals surface area (Å²) >= 11 is 17.0. The van der Waals surface area contributed by atoms with Gasteiger partial charge in [0.2, 0.25) is 0 Å². The lowest BCUT2D eigenvalue weighted by atomic mass is 10.1. The molecule has 1 heterocycles. The number of hydrazone groups is 1. The van der Waals surface area contributed by atoms with E-state index in [1.165, 1.54) is 11.3 Å². The Morgan fingerprint density at radius 1 is 0.977 bits per heavy atom. The molecule has 4 aromatic carbocycles. The number of ether oxygens (including phenoxy) is 2. The Hall–Kier alpha value is -3.89. The van der Waals surface area contributed by atoms with Crippen molar-refractivity contribution in [2.24, 2.45) is 5.10 Å². The molecule has 7 nitrogen and oxygen atoms in total.